The van der Waals surface area contributed by atoms with E-state index in [0.29, 0.717) is 34.0 Å². The lowest BCUT2D eigenvalue weighted by Gasteiger charge is -2.22. The topological polar surface area (TPSA) is 106 Å². The predicted molar refractivity (Wildman–Crippen MR) is 144 cm³/mol. The van der Waals surface area contributed by atoms with E-state index in [2.05, 4.69) is 19.9 Å². The van der Waals surface area contributed by atoms with Crippen molar-refractivity contribution in [2.45, 2.75) is 31.1 Å². The molecule has 4 N–H and O–H groups in total. The van der Waals surface area contributed by atoms with Gasteiger partial charge in [0.1, 0.15) is 24.1 Å². The largest absolute Gasteiger partial charge is 0.462 e. The van der Waals surface area contributed by atoms with Crippen LogP contribution >= 0.6 is 22.9 Å². The van der Waals surface area contributed by atoms with E-state index in [1.54, 1.807) is 23.1 Å². The Labute approximate surface area is 221 Å². The number of hydrogen-bond donors (Lipinski definition) is 2. The third-order valence-electron chi connectivity index (χ3n) is 7.21. The summed E-state index contributed by atoms with van der Waals surface area (Å²) >= 11 is 8.00. The summed E-state index contributed by atoms with van der Waals surface area (Å²) < 4.78 is 37.5. The number of likely N-dealkylation sites (N-methyl/N-ethyl adjacent to an activating group) is 1. The van der Waals surface area contributed by atoms with Crippen molar-refractivity contribution in [3.63, 3.8) is 0 Å². The standard InChI is InChI=1S/C25H26ClF2N7OS/c1-34-7-3-4-12(34)11-36-25-32-22-14(23(33-25)35-9-16(27)17(29)10-35)8-15(26)19(20(22)28)13-5-2-6-18-21(13)31-24(30)37-18/h2,5-6,8,12,16-17H,3-4,7,9-11,29H2,1H3,(H2,30,31)/t12?,16-,17+/m0/s1. The molecule has 6 rings (SSSR count). The summed E-state index contributed by atoms with van der Waals surface area (Å²) in [6, 6.07) is 6.62. The zero-order valence-electron chi connectivity index (χ0n) is 20.1. The number of aromatic nitrogens is 3. The lowest BCUT2D eigenvalue weighted by molar-refractivity contribution is 0.188. The van der Waals surface area contributed by atoms with Crippen molar-refractivity contribution in [1.82, 2.24) is 19.9 Å². The molecule has 2 aromatic heterocycles. The molecule has 12 heteroatoms. The van der Waals surface area contributed by atoms with Gasteiger partial charge in [-0.2, -0.15) is 9.97 Å². The lowest BCUT2D eigenvalue weighted by Crippen LogP contribution is -2.31. The molecule has 2 aromatic carbocycles. The summed E-state index contributed by atoms with van der Waals surface area (Å²) in [6.07, 6.45) is 0.853. The third kappa shape index (κ3) is 4.33. The van der Waals surface area contributed by atoms with Crippen molar-refractivity contribution in [1.29, 1.82) is 0 Å². The van der Waals surface area contributed by atoms with E-state index in [0.717, 1.165) is 24.1 Å². The molecule has 194 valence electrons. The average molecular weight is 546 g/mol. The van der Waals surface area contributed by atoms with Gasteiger partial charge in [0.2, 0.25) is 0 Å². The second kappa shape index (κ2) is 9.46. The first kappa shape index (κ1) is 24.5. The number of nitrogens with two attached hydrogens (primary N) is 2. The molecule has 2 aliphatic heterocycles. The number of benzene rings is 2. The number of rotatable bonds is 5. The fraction of sp³-hybridized carbons (Fsp3) is 0.400. The fourth-order valence-corrected chi connectivity index (χ4v) is 6.26. The molecule has 2 saturated heterocycles. The maximum Gasteiger partial charge on any atom is 0.319 e. The summed E-state index contributed by atoms with van der Waals surface area (Å²) in [5, 5.41) is 0.904. The van der Waals surface area contributed by atoms with Gasteiger partial charge in [0.05, 0.1) is 27.8 Å². The first-order valence-electron chi connectivity index (χ1n) is 12.1. The molecular formula is C25H26ClF2N7OS. The summed E-state index contributed by atoms with van der Waals surface area (Å²) in [5.41, 5.74) is 13.1. The highest BCUT2D eigenvalue weighted by Gasteiger charge is 2.33. The summed E-state index contributed by atoms with van der Waals surface area (Å²) in [5.74, 6) is -0.285. The molecule has 37 heavy (non-hydrogen) atoms. The molecule has 4 aromatic rings. The number of nitrogens with zero attached hydrogens (tertiary/aromatic N) is 5. The van der Waals surface area contributed by atoms with Crippen LogP contribution in [0.5, 0.6) is 6.01 Å². The van der Waals surface area contributed by atoms with Gasteiger partial charge in [-0.1, -0.05) is 35.1 Å². The monoisotopic (exact) mass is 545 g/mol. The average Bonchev–Trinajstić information content (AvgIpc) is 3.55. The second-order valence-corrected chi connectivity index (χ2v) is 11.1. The first-order valence-corrected chi connectivity index (χ1v) is 13.3. The Morgan fingerprint density at radius 3 is 2.78 bits per heavy atom. The Hall–Kier alpha value is -2.86. The van der Waals surface area contributed by atoms with Crippen LogP contribution in [0.4, 0.5) is 19.7 Å². The number of alkyl halides is 1. The maximum absolute atomic E-state index is 16.3. The molecule has 2 fully saturated rings. The summed E-state index contributed by atoms with van der Waals surface area (Å²) in [6.45, 7) is 1.63. The highest BCUT2D eigenvalue weighted by molar-refractivity contribution is 7.22. The van der Waals surface area contributed by atoms with Crippen LogP contribution in [0.2, 0.25) is 5.02 Å². The highest BCUT2D eigenvalue weighted by atomic mass is 35.5. The van der Waals surface area contributed by atoms with Gasteiger partial charge in [-0.25, -0.2) is 13.8 Å². The maximum atomic E-state index is 16.3. The smallest absolute Gasteiger partial charge is 0.319 e. The third-order valence-corrected chi connectivity index (χ3v) is 8.36. The second-order valence-electron chi connectivity index (χ2n) is 9.65. The normalized spacial score (nSPS) is 22.5. The molecular weight excluding hydrogens is 520 g/mol. The van der Waals surface area contributed by atoms with Crippen molar-refractivity contribution in [3.05, 3.63) is 35.1 Å². The van der Waals surface area contributed by atoms with Gasteiger partial charge in [-0.3, -0.25) is 0 Å². The molecule has 4 heterocycles. The molecule has 0 bridgehead atoms. The van der Waals surface area contributed by atoms with Gasteiger partial charge in [0.25, 0.3) is 0 Å². The summed E-state index contributed by atoms with van der Waals surface area (Å²) in [4.78, 5) is 17.3. The van der Waals surface area contributed by atoms with Gasteiger partial charge in [-0.15, -0.1) is 0 Å². The number of para-hydroxylation sites is 1. The van der Waals surface area contributed by atoms with E-state index in [-0.39, 0.29) is 41.2 Å². The van der Waals surface area contributed by atoms with Crippen molar-refractivity contribution >= 4 is 55.0 Å². The van der Waals surface area contributed by atoms with Crippen LogP contribution in [0.25, 0.3) is 32.2 Å². The Kier molecular flexibility index (Phi) is 6.26. The number of fused-ring (bicyclic) bond motifs is 2. The van der Waals surface area contributed by atoms with Crippen LogP contribution in [-0.4, -0.2) is 71.4 Å². The van der Waals surface area contributed by atoms with E-state index in [4.69, 9.17) is 27.8 Å². The Morgan fingerprint density at radius 1 is 1.22 bits per heavy atom. The van der Waals surface area contributed by atoms with E-state index in [1.165, 1.54) is 11.3 Å². The van der Waals surface area contributed by atoms with Crippen molar-refractivity contribution in [2.75, 3.05) is 43.9 Å². The number of hydrogen-bond acceptors (Lipinski definition) is 9. The van der Waals surface area contributed by atoms with E-state index < -0.39 is 18.0 Å². The number of anilines is 2. The molecule has 8 nitrogen and oxygen atoms in total. The molecule has 0 amide bonds. The van der Waals surface area contributed by atoms with Crippen LogP contribution in [0.1, 0.15) is 12.8 Å². The molecule has 0 saturated carbocycles. The Morgan fingerprint density at radius 2 is 2.05 bits per heavy atom. The number of nitrogen functional groups attached to an aromatic ring is 1. The first-order chi connectivity index (χ1) is 17.8. The highest BCUT2D eigenvalue weighted by Crippen LogP contribution is 2.42. The summed E-state index contributed by atoms with van der Waals surface area (Å²) in [7, 11) is 2.04. The lowest BCUT2D eigenvalue weighted by atomic mass is 10.0. The van der Waals surface area contributed by atoms with Gasteiger partial charge in [-0.05, 0) is 38.6 Å². The quantitative estimate of drug-likeness (QED) is 0.383. The molecule has 0 spiro atoms. The van der Waals surface area contributed by atoms with E-state index >= 15 is 4.39 Å². The Bertz CT molecular complexity index is 1490. The number of likely N-dealkylation sites (tertiary alicyclic amines) is 1. The predicted octanol–water partition coefficient (Wildman–Crippen LogP) is 4.24. The molecule has 1 unspecified atom stereocenters. The van der Waals surface area contributed by atoms with Gasteiger partial charge < -0.3 is 26.0 Å². The van der Waals surface area contributed by atoms with Crippen molar-refractivity contribution in [3.8, 4) is 17.1 Å². The van der Waals surface area contributed by atoms with Gasteiger partial charge in [0.15, 0.2) is 10.9 Å². The SMILES string of the molecule is CN1CCCC1COc1nc(N2C[C@@H](N)[C@@H](F)C2)c2cc(Cl)c(-c3cccc4sc(N)nc34)c(F)c2n1. The van der Waals surface area contributed by atoms with Crippen LogP contribution in [0.15, 0.2) is 24.3 Å². The molecule has 0 radical (unpaired) electrons. The minimum Gasteiger partial charge on any atom is -0.462 e. The number of halogens is 3. The zero-order valence-corrected chi connectivity index (χ0v) is 21.7. The molecule has 0 aliphatic carbocycles. The van der Waals surface area contributed by atoms with Gasteiger partial charge in [0, 0.05) is 29.1 Å². The van der Waals surface area contributed by atoms with Crippen LogP contribution in [0, 0.1) is 5.82 Å². The van der Waals surface area contributed by atoms with E-state index in [9.17, 15) is 4.39 Å². The Balaban J connectivity index is 1.51. The molecule has 2 aliphatic rings. The van der Waals surface area contributed by atoms with Gasteiger partial charge >= 0.3 is 6.01 Å². The fourth-order valence-electron chi connectivity index (χ4n) is 5.20. The van der Waals surface area contributed by atoms with Crippen LogP contribution in [-0.2, 0) is 0 Å². The van der Waals surface area contributed by atoms with E-state index in [1.807, 2.05) is 13.1 Å². The number of ether oxygens (including phenoxy) is 1. The minimum absolute atomic E-state index is 0.0296. The van der Waals surface area contributed by atoms with Crippen LogP contribution < -0.4 is 21.1 Å². The molecule has 3 atom stereocenters. The zero-order chi connectivity index (χ0) is 25.8. The van der Waals surface area contributed by atoms with Crippen LogP contribution in [0.3, 0.4) is 0 Å². The number of thiazole rings is 1. The van der Waals surface area contributed by atoms with Crippen molar-refractivity contribution in [2.24, 2.45) is 5.73 Å². The van der Waals surface area contributed by atoms with Crippen molar-refractivity contribution < 1.29 is 13.5 Å². The minimum atomic E-state index is -1.23.